The molecule has 2 aliphatic rings. The van der Waals surface area contributed by atoms with E-state index in [4.69, 9.17) is 5.11 Å². The lowest BCUT2D eigenvalue weighted by Crippen LogP contribution is -2.53. The number of rotatable bonds is 4. The summed E-state index contributed by atoms with van der Waals surface area (Å²) in [5, 5.41) is 14.7. The molecule has 2 saturated carbocycles. The second kappa shape index (κ2) is 5.39. The van der Waals surface area contributed by atoms with Crippen LogP contribution in [-0.2, 0) is 4.79 Å². The molecule has 0 bridgehead atoms. The predicted molar refractivity (Wildman–Crippen MR) is 71.9 cm³/mol. The van der Waals surface area contributed by atoms with Crippen molar-refractivity contribution in [1.29, 1.82) is 0 Å². The lowest BCUT2D eigenvalue weighted by Gasteiger charge is -2.35. The first kappa shape index (κ1) is 14.2. The quantitative estimate of drug-likeness (QED) is 0.730. The molecular formula is C14H24N2O3. The maximum absolute atomic E-state index is 12.0. The van der Waals surface area contributed by atoms with Gasteiger partial charge in [-0.05, 0) is 37.5 Å². The predicted octanol–water partition coefficient (Wildman–Crippen LogP) is 2.12. The van der Waals surface area contributed by atoms with Crippen LogP contribution in [0.15, 0.2) is 0 Å². The fraction of sp³-hybridized carbons (Fsp3) is 0.857. The number of hydrogen-bond donors (Lipinski definition) is 3. The molecule has 108 valence electrons. The monoisotopic (exact) mass is 268 g/mol. The van der Waals surface area contributed by atoms with Gasteiger partial charge in [0.2, 0.25) is 0 Å². The Balaban J connectivity index is 1.89. The van der Waals surface area contributed by atoms with Gasteiger partial charge in [0.1, 0.15) is 5.54 Å². The fourth-order valence-corrected chi connectivity index (χ4v) is 3.08. The molecule has 5 nitrogen and oxygen atoms in total. The van der Waals surface area contributed by atoms with Crippen molar-refractivity contribution in [3.63, 3.8) is 0 Å². The van der Waals surface area contributed by atoms with Crippen LogP contribution in [0.3, 0.4) is 0 Å². The molecule has 19 heavy (non-hydrogen) atoms. The number of carboxylic acid groups (broad SMARTS) is 1. The van der Waals surface area contributed by atoms with E-state index in [1.54, 1.807) is 0 Å². The Morgan fingerprint density at radius 3 is 2.37 bits per heavy atom. The van der Waals surface area contributed by atoms with Crippen LogP contribution in [0.4, 0.5) is 4.79 Å². The highest BCUT2D eigenvalue weighted by Gasteiger charge is 2.51. The van der Waals surface area contributed by atoms with Gasteiger partial charge < -0.3 is 15.7 Å². The summed E-state index contributed by atoms with van der Waals surface area (Å²) < 4.78 is 0. The summed E-state index contributed by atoms with van der Waals surface area (Å²) in [6.07, 6.45) is 5.57. The second-order valence-electron chi connectivity index (χ2n) is 6.28. The van der Waals surface area contributed by atoms with Crippen LogP contribution in [0.1, 0.15) is 52.4 Å². The zero-order chi connectivity index (χ0) is 14.0. The highest BCUT2D eigenvalue weighted by molar-refractivity contribution is 5.89. The van der Waals surface area contributed by atoms with Gasteiger partial charge in [-0.3, -0.25) is 0 Å². The normalized spacial score (nSPS) is 28.8. The lowest BCUT2D eigenvalue weighted by molar-refractivity contribution is -0.140. The molecular weight excluding hydrogens is 244 g/mol. The Bertz CT molecular complexity index is 364. The summed E-state index contributed by atoms with van der Waals surface area (Å²) in [4.78, 5) is 23.0. The van der Waals surface area contributed by atoms with Crippen molar-refractivity contribution in [3.05, 3.63) is 0 Å². The number of aliphatic carboxylic acids is 1. The smallest absolute Gasteiger partial charge is 0.329 e. The van der Waals surface area contributed by atoms with Crippen LogP contribution in [0.5, 0.6) is 0 Å². The molecule has 2 fully saturated rings. The molecule has 2 atom stereocenters. The van der Waals surface area contributed by atoms with Crippen LogP contribution in [0.25, 0.3) is 0 Å². The van der Waals surface area contributed by atoms with Gasteiger partial charge in [0.05, 0.1) is 0 Å². The van der Waals surface area contributed by atoms with Crippen molar-refractivity contribution in [1.82, 2.24) is 10.6 Å². The summed E-state index contributed by atoms with van der Waals surface area (Å²) in [6.45, 7) is 4.37. The molecule has 0 saturated heterocycles. The minimum atomic E-state index is -0.994. The summed E-state index contributed by atoms with van der Waals surface area (Å²) in [5.41, 5.74) is -0.994. The standard InChI is InChI=1S/C14H24N2O3/c1-9(2)10-5-3-4-6-11(10)15-13(19)16-14(7-8-14)12(17)18/h9-11H,3-8H2,1-2H3,(H,17,18)(H2,15,16,19). The van der Waals surface area contributed by atoms with Crippen LogP contribution in [-0.4, -0.2) is 28.7 Å². The maximum Gasteiger partial charge on any atom is 0.329 e. The summed E-state index contributed by atoms with van der Waals surface area (Å²) in [6, 6.07) is -0.143. The number of carboxylic acids is 1. The number of nitrogens with one attached hydrogen (secondary N) is 2. The first-order valence-corrected chi connectivity index (χ1v) is 7.27. The highest BCUT2D eigenvalue weighted by Crippen LogP contribution is 2.35. The molecule has 2 aliphatic carbocycles. The van der Waals surface area contributed by atoms with Crippen LogP contribution in [0, 0.1) is 11.8 Å². The van der Waals surface area contributed by atoms with E-state index in [2.05, 4.69) is 24.5 Å². The Kier molecular flexibility index (Phi) is 4.02. The second-order valence-corrected chi connectivity index (χ2v) is 6.28. The van der Waals surface area contributed by atoms with Crippen molar-refractivity contribution in [2.75, 3.05) is 0 Å². The molecule has 0 radical (unpaired) electrons. The molecule has 2 rings (SSSR count). The third-order valence-electron chi connectivity index (χ3n) is 4.50. The van der Waals surface area contributed by atoms with Crippen molar-refractivity contribution >= 4 is 12.0 Å². The SMILES string of the molecule is CC(C)C1CCCCC1NC(=O)NC1(C(=O)O)CC1. The van der Waals surface area contributed by atoms with E-state index in [1.807, 2.05) is 0 Å². The van der Waals surface area contributed by atoms with Crippen LogP contribution in [0.2, 0.25) is 0 Å². The van der Waals surface area contributed by atoms with Gasteiger partial charge >= 0.3 is 12.0 Å². The van der Waals surface area contributed by atoms with Crippen molar-refractivity contribution in [3.8, 4) is 0 Å². The van der Waals surface area contributed by atoms with Gasteiger partial charge in [0.25, 0.3) is 0 Å². The molecule has 5 heteroatoms. The number of hydrogen-bond acceptors (Lipinski definition) is 2. The molecule has 0 spiro atoms. The van der Waals surface area contributed by atoms with Crippen LogP contribution < -0.4 is 10.6 Å². The molecule has 0 aromatic heterocycles. The maximum atomic E-state index is 12.0. The van der Waals surface area contributed by atoms with Gasteiger partial charge in [-0.1, -0.05) is 26.7 Å². The van der Waals surface area contributed by atoms with Gasteiger partial charge in [-0.2, -0.15) is 0 Å². The van der Waals surface area contributed by atoms with Gasteiger partial charge in [0.15, 0.2) is 0 Å². The topological polar surface area (TPSA) is 78.4 Å². The van der Waals surface area contributed by atoms with Crippen molar-refractivity contribution < 1.29 is 14.7 Å². The van der Waals surface area contributed by atoms with E-state index in [0.29, 0.717) is 24.7 Å². The summed E-state index contributed by atoms with van der Waals surface area (Å²) >= 11 is 0. The van der Waals surface area contributed by atoms with Gasteiger partial charge in [0, 0.05) is 6.04 Å². The molecule has 0 aliphatic heterocycles. The third-order valence-corrected chi connectivity index (χ3v) is 4.50. The Morgan fingerprint density at radius 1 is 1.21 bits per heavy atom. The minimum Gasteiger partial charge on any atom is -0.480 e. The number of carbonyl (C=O) groups excluding carboxylic acids is 1. The van der Waals surface area contributed by atoms with E-state index in [9.17, 15) is 9.59 Å². The minimum absolute atomic E-state index is 0.179. The first-order chi connectivity index (χ1) is 8.94. The third kappa shape index (κ3) is 3.19. The molecule has 3 N–H and O–H groups in total. The van der Waals surface area contributed by atoms with Crippen molar-refractivity contribution in [2.45, 2.75) is 64.0 Å². The number of amides is 2. The highest BCUT2D eigenvalue weighted by atomic mass is 16.4. The van der Waals surface area contributed by atoms with E-state index in [-0.39, 0.29) is 12.1 Å². The summed E-state index contributed by atoms with van der Waals surface area (Å²) in [7, 11) is 0. The molecule has 0 heterocycles. The number of carbonyl (C=O) groups is 2. The Labute approximate surface area is 114 Å². The average Bonchev–Trinajstić information content (AvgIpc) is 3.10. The first-order valence-electron chi connectivity index (χ1n) is 7.27. The van der Waals surface area contributed by atoms with E-state index >= 15 is 0 Å². The molecule has 2 amide bonds. The zero-order valence-corrected chi connectivity index (χ0v) is 11.7. The molecule has 2 unspecified atom stereocenters. The van der Waals surface area contributed by atoms with Gasteiger partial charge in [-0.15, -0.1) is 0 Å². The molecule has 0 aromatic carbocycles. The van der Waals surface area contributed by atoms with Crippen molar-refractivity contribution in [2.24, 2.45) is 11.8 Å². The summed E-state index contributed by atoms with van der Waals surface area (Å²) in [5.74, 6) is 0.117. The zero-order valence-electron chi connectivity index (χ0n) is 11.7. The van der Waals surface area contributed by atoms with E-state index in [1.165, 1.54) is 6.42 Å². The van der Waals surface area contributed by atoms with Crippen LogP contribution >= 0.6 is 0 Å². The fourth-order valence-electron chi connectivity index (χ4n) is 3.08. The largest absolute Gasteiger partial charge is 0.480 e. The molecule has 0 aromatic rings. The van der Waals surface area contributed by atoms with E-state index in [0.717, 1.165) is 19.3 Å². The lowest BCUT2D eigenvalue weighted by atomic mass is 9.78. The van der Waals surface area contributed by atoms with E-state index < -0.39 is 11.5 Å². The Hall–Kier alpha value is -1.26. The Morgan fingerprint density at radius 2 is 1.84 bits per heavy atom. The number of urea groups is 1. The van der Waals surface area contributed by atoms with Gasteiger partial charge in [-0.25, -0.2) is 9.59 Å². The average molecular weight is 268 g/mol.